The van der Waals surface area contributed by atoms with Gasteiger partial charge in [0, 0.05) is 6.42 Å². The van der Waals surface area contributed by atoms with E-state index in [1.54, 1.807) is 0 Å². The van der Waals surface area contributed by atoms with Crippen molar-refractivity contribution in [2.45, 2.75) is 44.8 Å². The SMILES string of the molecule is O=C1OC(O)CC1C1CCCCC1. The molecule has 1 N–H and O–H groups in total. The van der Waals surface area contributed by atoms with Crippen molar-refractivity contribution in [2.24, 2.45) is 11.8 Å². The number of rotatable bonds is 1. The first-order valence-corrected chi connectivity index (χ1v) is 5.16. The van der Waals surface area contributed by atoms with E-state index in [0.29, 0.717) is 12.3 Å². The minimum absolute atomic E-state index is 0.0182. The van der Waals surface area contributed by atoms with Crippen molar-refractivity contribution in [3.05, 3.63) is 0 Å². The second-order valence-electron chi connectivity index (χ2n) is 4.13. The Morgan fingerprint density at radius 2 is 1.92 bits per heavy atom. The summed E-state index contributed by atoms with van der Waals surface area (Å²) in [7, 11) is 0. The fraction of sp³-hybridized carbons (Fsp3) is 0.900. The number of esters is 1. The summed E-state index contributed by atoms with van der Waals surface area (Å²) in [6.45, 7) is 0. The van der Waals surface area contributed by atoms with Crippen LogP contribution in [0.5, 0.6) is 0 Å². The molecule has 1 heterocycles. The predicted molar refractivity (Wildman–Crippen MR) is 46.8 cm³/mol. The fourth-order valence-corrected chi connectivity index (χ4v) is 2.50. The second-order valence-corrected chi connectivity index (χ2v) is 4.13. The van der Waals surface area contributed by atoms with E-state index in [2.05, 4.69) is 0 Å². The zero-order valence-electron chi connectivity index (χ0n) is 7.74. The Bertz CT molecular complexity index is 196. The molecular formula is C10H16O3. The molecule has 2 atom stereocenters. The Morgan fingerprint density at radius 1 is 1.23 bits per heavy atom. The Balaban J connectivity index is 1.95. The maximum atomic E-state index is 11.3. The van der Waals surface area contributed by atoms with Crippen LogP contribution in [0.15, 0.2) is 0 Å². The largest absolute Gasteiger partial charge is 0.436 e. The topological polar surface area (TPSA) is 46.5 Å². The molecule has 2 aliphatic rings. The number of aliphatic hydroxyl groups excluding tert-OH is 1. The third-order valence-corrected chi connectivity index (χ3v) is 3.23. The van der Waals surface area contributed by atoms with Crippen LogP contribution in [0.2, 0.25) is 0 Å². The van der Waals surface area contributed by atoms with E-state index in [9.17, 15) is 4.79 Å². The number of aliphatic hydroxyl groups is 1. The van der Waals surface area contributed by atoms with Gasteiger partial charge in [-0.1, -0.05) is 19.3 Å². The van der Waals surface area contributed by atoms with E-state index in [1.165, 1.54) is 19.3 Å². The van der Waals surface area contributed by atoms with E-state index < -0.39 is 6.29 Å². The molecular weight excluding hydrogens is 168 g/mol. The number of cyclic esters (lactones) is 1. The first kappa shape index (κ1) is 9.00. The van der Waals surface area contributed by atoms with Crippen molar-refractivity contribution in [3.8, 4) is 0 Å². The highest BCUT2D eigenvalue weighted by atomic mass is 16.6. The van der Waals surface area contributed by atoms with Gasteiger partial charge in [0.15, 0.2) is 0 Å². The van der Waals surface area contributed by atoms with Crippen LogP contribution in [0.4, 0.5) is 0 Å². The number of carbonyl (C=O) groups is 1. The highest BCUT2D eigenvalue weighted by molar-refractivity contribution is 5.74. The number of hydrogen-bond donors (Lipinski definition) is 1. The van der Waals surface area contributed by atoms with E-state index in [4.69, 9.17) is 9.84 Å². The predicted octanol–water partition coefficient (Wildman–Crippen LogP) is 1.45. The summed E-state index contributed by atoms with van der Waals surface area (Å²) in [5.41, 5.74) is 0. The molecule has 3 nitrogen and oxygen atoms in total. The standard InChI is InChI=1S/C10H16O3/c11-9-6-8(10(12)13-9)7-4-2-1-3-5-7/h7-9,11H,1-6H2. The van der Waals surface area contributed by atoms with Crippen molar-refractivity contribution in [3.63, 3.8) is 0 Å². The van der Waals surface area contributed by atoms with Crippen molar-refractivity contribution >= 4 is 5.97 Å². The molecule has 13 heavy (non-hydrogen) atoms. The summed E-state index contributed by atoms with van der Waals surface area (Å²) in [5, 5.41) is 9.16. The number of hydrogen-bond acceptors (Lipinski definition) is 3. The van der Waals surface area contributed by atoms with Gasteiger partial charge in [0.25, 0.3) is 0 Å². The van der Waals surface area contributed by atoms with Gasteiger partial charge in [-0.3, -0.25) is 4.79 Å². The molecule has 2 unspecified atom stereocenters. The molecule has 74 valence electrons. The van der Waals surface area contributed by atoms with Gasteiger partial charge in [-0.25, -0.2) is 0 Å². The Labute approximate surface area is 78.1 Å². The van der Waals surface area contributed by atoms with Crippen LogP contribution in [0.1, 0.15) is 38.5 Å². The molecule has 2 fully saturated rings. The van der Waals surface area contributed by atoms with Crippen LogP contribution in [-0.4, -0.2) is 17.4 Å². The number of ether oxygens (including phenoxy) is 1. The van der Waals surface area contributed by atoms with E-state index >= 15 is 0 Å². The van der Waals surface area contributed by atoms with Crippen molar-refractivity contribution in [1.82, 2.24) is 0 Å². The van der Waals surface area contributed by atoms with Gasteiger partial charge in [-0.15, -0.1) is 0 Å². The molecule has 0 aromatic carbocycles. The number of carbonyl (C=O) groups excluding carboxylic acids is 1. The Hall–Kier alpha value is -0.570. The lowest BCUT2D eigenvalue weighted by Gasteiger charge is -2.24. The summed E-state index contributed by atoms with van der Waals surface area (Å²) in [4.78, 5) is 11.3. The molecule has 0 aromatic heterocycles. The van der Waals surface area contributed by atoms with Gasteiger partial charge in [-0.05, 0) is 18.8 Å². The third-order valence-electron chi connectivity index (χ3n) is 3.23. The fourth-order valence-electron chi connectivity index (χ4n) is 2.50. The third kappa shape index (κ3) is 1.85. The highest BCUT2D eigenvalue weighted by Crippen LogP contribution is 2.36. The molecule has 3 heteroatoms. The van der Waals surface area contributed by atoms with Crippen LogP contribution >= 0.6 is 0 Å². The van der Waals surface area contributed by atoms with E-state index in [0.717, 1.165) is 12.8 Å². The maximum Gasteiger partial charge on any atom is 0.311 e. The molecule has 2 rings (SSSR count). The lowest BCUT2D eigenvalue weighted by atomic mass is 9.79. The molecule has 1 saturated carbocycles. The molecule has 0 radical (unpaired) electrons. The van der Waals surface area contributed by atoms with Crippen LogP contribution in [-0.2, 0) is 9.53 Å². The monoisotopic (exact) mass is 184 g/mol. The zero-order chi connectivity index (χ0) is 9.26. The van der Waals surface area contributed by atoms with Gasteiger partial charge in [0.1, 0.15) is 0 Å². The van der Waals surface area contributed by atoms with Crippen LogP contribution < -0.4 is 0 Å². The van der Waals surface area contributed by atoms with E-state index in [-0.39, 0.29) is 11.9 Å². The quantitative estimate of drug-likeness (QED) is 0.627. The molecule has 1 saturated heterocycles. The molecule has 0 bridgehead atoms. The minimum atomic E-state index is -0.834. The van der Waals surface area contributed by atoms with Crippen LogP contribution in [0.3, 0.4) is 0 Å². The summed E-state index contributed by atoms with van der Waals surface area (Å²) < 4.78 is 4.74. The molecule has 0 spiro atoms. The normalized spacial score (nSPS) is 36.2. The Morgan fingerprint density at radius 3 is 2.46 bits per heavy atom. The summed E-state index contributed by atoms with van der Waals surface area (Å²) in [5.74, 6) is 0.271. The van der Waals surface area contributed by atoms with Gasteiger partial charge in [-0.2, -0.15) is 0 Å². The van der Waals surface area contributed by atoms with Crippen molar-refractivity contribution in [1.29, 1.82) is 0 Å². The van der Waals surface area contributed by atoms with Crippen LogP contribution in [0.25, 0.3) is 0 Å². The lowest BCUT2D eigenvalue weighted by molar-refractivity contribution is -0.156. The smallest absolute Gasteiger partial charge is 0.311 e. The van der Waals surface area contributed by atoms with Gasteiger partial charge < -0.3 is 9.84 Å². The van der Waals surface area contributed by atoms with Gasteiger partial charge in [0.2, 0.25) is 6.29 Å². The van der Waals surface area contributed by atoms with E-state index in [1.807, 2.05) is 0 Å². The molecule has 1 aliphatic heterocycles. The lowest BCUT2D eigenvalue weighted by Crippen LogP contribution is -2.21. The maximum absolute atomic E-state index is 11.3. The summed E-state index contributed by atoms with van der Waals surface area (Å²) >= 11 is 0. The Kier molecular flexibility index (Phi) is 2.54. The highest BCUT2D eigenvalue weighted by Gasteiger charge is 2.38. The average Bonchev–Trinajstić information content (AvgIpc) is 2.47. The summed E-state index contributed by atoms with van der Waals surface area (Å²) in [6.07, 6.45) is 5.69. The zero-order valence-corrected chi connectivity index (χ0v) is 7.74. The van der Waals surface area contributed by atoms with Crippen molar-refractivity contribution < 1.29 is 14.6 Å². The van der Waals surface area contributed by atoms with Gasteiger partial charge >= 0.3 is 5.97 Å². The molecule has 1 aliphatic carbocycles. The summed E-state index contributed by atoms with van der Waals surface area (Å²) in [6, 6.07) is 0. The molecule has 0 amide bonds. The van der Waals surface area contributed by atoms with Crippen molar-refractivity contribution in [2.75, 3.05) is 0 Å². The van der Waals surface area contributed by atoms with Gasteiger partial charge in [0.05, 0.1) is 5.92 Å². The van der Waals surface area contributed by atoms with Crippen LogP contribution in [0, 0.1) is 11.8 Å². The molecule has 0 aromatic rings. The average molecular weight is 184 g/mol. The minimum Gasteiger partial charge on any atom is -0.436 e. The second kappa shape index (κ2) is 3.66. The first-order chi connectivity index (χ1) is 6.27. The first-order valence-electron chi connectivity index (χ1n) is 5.16.